The Kier molecular flexibility index (Phi) is 8.39. The molecule has 0 fully saturated rings. The first-order valence-electron chi connectivity index (χ1n) is 7.04. The monoisotopic (exact) mass is 435 g/mol. The number of hydrogen-bond acceptors (Lipinski definition) is 5. The zero-order valence-corrected chi connectivity index (χ0v) is 15.9. The minimum absolute atomic E-state index is 0. The largest absolute Gasteiger partial charge is 0.370 e. The van der Waals surface area contributed by atoms with Crippen molar-refractivity contribution in [2.24, 2.45) is 10.7 Å². The number of aliphatic imine (C=N–C) groups is 1. The highest BCUT2D eigenvalue weighted by atomic mass is 127. The van der Waals surface area contributed by atoms with Gasteiger partial charge in [-0.3, -0.25) is 4.99 Å². The lowest BCUT2D eigenvalue weighted by Crippen LogP contribution is -2.33. The molecule has 0 amide bonds. The first kappa shape index (κ1) is 18.9. The first-order valence-corrected chi connectivity index (χ1v) is 7.91. The van der Waals surface area contributed by atoms with Crippen LogP contribution >= 0.6 is 35.3 Å². The van der Waals surface area contributed by atoms with Gasteiger partial charge in [0.1, 0.15) is 0 Å². The summed E-state index contributed by atoms with van der Waals surface area (Å²) in [5.74, 6) is 2.09. The van der Waals surface area contributed by atoms with E-state index in [9.17, 15) is 0 Å². The summed E-state index contributed by atoms with van der Waals surface area (Å²) in [7, 11) is 0. The Labute approximate surface area is 151 Å². The second-order valence-electron chi connectivity index (χ2n) is 4.97. The van der Waals surface area contributed by atoms with E-state index in [1.165, 1.54) is 4.88 Å². The smallest absolute Gasteiger partial charge is 0.228 e. The van der Waals surface area contributed by atoms with Gasteiger partial charge in [-0.05, 0) is 11.4 Å². The molecule has 2 aromatic heterocycles. The predicted molar refractivity (Wildman–Crippen MR) is 100 cm³/mol. The molecule has 3 N–H and O–H groups in total. The van der Waals surface area contributed by atoms with Gasteiger partial charge in [0.15, 0.2) is 11.8 Å². The van der Waals surface area contributed by atoms with Gasteiger partial charge in [0.05, 0.1) is 0 Å². The van der Waals surface area contributed by atoms with Gasteiger partial charge in [-0.25, -0.2) is 0 Å². The molecule has 0 saturated carbocycles. The maximum atomic E-state index is 5.81. The molecule has 0 aliphatic heterocycles. The van der Waals surface area contributed by atoms with Crippen LogP contribution in [0.2, 0.25) is 0 Å². The predicted octanol–water partition coefficient (Wildman–Crippen LogP) is 2.56. The summed E-state index contributed by atoms with van der Waals surface area (Å²) < 4.78 is 5.16. The van der Waals surface area contributed by atoms with Crippen LogP contribution in [0, 0.1) is 0 Å². The summed E-state index contributed by atoms with van der Waals surface area (Å²) in [6, 6.07) is 4.15. The number of hydrogen-bond donors (Lipinski definition) is 2. The second-order valence-corrected chi connectivity index (χ2v) is 6.01. The van der Waals surface area contributed by atoms with Gasteiger partial charge in [-0.15, -0.1) is 35.3 Å². The quantitative estimate of drug-likeness (QED) is 0.397. The first-order chi connectivity index (χ1) is 10.1. The molecule has 0 atom stereocenters. The van der Waals surface area contributed by atoms with Crippen molar-refractivity contribution in [3.05, 3.63) is 34.1 Å². The molecule has 2 rings (SSSR count). The molecular weight excluding hydrogens is 413 g/mol. The molecule has 0 saturated heterocycles. The number of nitrogens with one attached hydrogen (secondary N) is 1. The van der Waals surface area contributed by atoms with Crippen molar-refractivity contribution in [1.82, 2.24) is 15.5 Å². The molecule has 0 aliphatic rings. The van der Waals surface area contributed by atoms with Crippen LogP contribution < -0.4 is 11.1 Å². The second kappa shape index (κ2) is 9.78. The summed E-state index contributed by atoms with van der Waals surface area (Å²) in [5, 5.41) is 9.04. The topological polar surface area (TPSA) is 89.3 Å². The number of thiophene rings is 1. The van der Waals surface area contributed by atoms with Crippen LogP contribution in [-0.4, -0.2) is 29.2 Å². The minimum atomic E-state index is 0. The Bertz CT molecular complexity index is 568. The summed E-state index contributed by atoms with van der Waals surface area (Å²) in [6.07, 6.45) is 1.56. The van der Waals surface area contributed by atoms with E-state index in [0.717, 1.165) is 12.2 Å². The number of aromatic nitrogens is 2. The summed E-state index contributed by atoms with van der Waals surface area (Å²) in [5.41, 5.74) is 5.81. The van der Waals surface area contributed by atoms with E-state index in [4.69, 9.17) is 10.3 Å². The molecule has 2 aromatic rings. The Hall–Kier alpha value is -1.16. The Morgan fingerprint density at radius 3 is 2.91 bits per heavy atom. The standard InChI is InChI=1S/C14H21N5OS.HI/c1-10(2)13-18-12(20-19-13)6-8-17-14(15)16-7-5-11-4-3-9-21-11;/h3-4,9-10H,5-8H2,1-2H3,(H3,15,16,17);1H. The lowest BCUT2D eigenvalue weighted by Gasteiger charge is -2.03. The fourth-order valence-corrected chi connectivity index (χ4v) is 2.40. The fraction of sp³-hybridized carbons (Fsp3) is 0.500. The van der Waals surface area contributed by atoms with Gasteiger partial charge in [-0.2, -0.15) is 4.98 Å². The Balaban J connectivity index is 0.00000242. The van der Waals surface area contributed by atoms with Crippen LogP contribution in [0.4, 0.5) is 0 Å². The van der Waals surface area contributed by atoms with Crippen LogP contribution in [0.15, 0.2) is 27.0 Å². The van der Waals surface area contributed by atoms with Gasteiger partial charge in [0, 0.05) is 36.7 Å². The fourth-order valence-electron chi connectivity index (χ4n) is 1.70. The molecule has 2 heterocycles. The van der Waals surface area contributed by atoms with Crippen molar-refractivity contribution in [2.75, 3.05) is 13.1 Å². The van der Waals surface area contributed by atoms with Gasteiger partial charge in [-0.1, -0.05) is 25.1 Å². The van der Waals surface area contributed by atoms with Crippen molar-refractivity contribution in [2.45, 2.75) is 32.6 Å². The van der Waals surface area contributed by atoms with E-state index in [1.54, 1.807) is 11.3 Å². The van der Waals surface area contributed by atoms with Crippen LogP contribution in [0.3, 0.4) is 0 Å². The number of rotatable bonds is 7. The highest BCUT2D eigenvalue weighted by Crippen LogP contribution is 2.10. The third-order valence-corrected chi connectivity index (χ3v) is 3.80. The molecule has 22 heavy (non-hydrogen) atoms. The maximum Gasteiger partial charge on any atom is 0.228 e. The molecule has 0 spiro atoms. The van der Waals surface area contributed by atoms with Crippen molar-refractivity contribution in [1.29, 1.82) is 0 Å². The van der Waals surface area contributed by atoms with E-state index in [-0.39, 0.29) is 29.9 Å². The van der Waals surface area contributed by atoms with Crippen LogP contribution in [0.5, 0.6) is 0 Å². The van der Waals surface area contributed by atoms with Crippen molar-refractivity contribution in [3.63, 3.8) is 0 Å². The van der Waals surface area contributed by atoms with Gasteiger partial charge in [0.25, 0.3) is 0 Å². The van der Waals surface area contributed by atoms with E-state index in [0.29, 0.717) is 31.4 Å². The molecule has 0 aromatic carbocycles. The zero-order chi connectivity index (χ0) is 15.1. The highest BCUT2D eigenvalue weighted by Gasteiger charge is 2.08. The summed E-state index contributed by atoms with van der Waals surface area (Å²) in [6.45, 7) is 5.39. The number of guanidine groups is 1. The summed E-state index contributed by atoms with van der Waals surface area (Å²) in [4.78, 5) is 9.91. The van der Waals surface area contributed by atoms with E-state index in [2.05, 4.69) is 31.9 Å². The van der Waals surface area contributed by atoms with Crippen molar-refractivity contribution >= 4 is 41.3 Å². The van der Waals surface area contributed by atoms with Crippen LogP contribution in [0.1, 0.15) is 36.4 Å². The molecule has 0 radical (unpaired) electrons. The van der Waals surface area contributed by atoms with E-state index < -0.39 is 0 Å². The molecule has 0 bridgehead atoms. The van der Waals surface area contributed by atoms with E-state index >= 15 is 0 Å². The van der Waals surface area contributed by atoms with E-state index in [1.807, 2.05) is 19.9 Å². The Morgan fingerprint density at radius 2 is 2.27 bits per heavy atom. The average Bonchev–Trinajstić information content (AvgIpc) is 3.09. The normalized spacial score (nSPS) is 11.5. The van der Waals surface area contributed by atoms with Crippen LogP contribution in [-0.2, 0) is 12.8 Å². The summed E-state index contributed by atoms with van der Waals surface area (Å²) >= 11 is 1.74. The molecule has 6 nitrogen and oxygen atoms in total. The Morgan fingerprint density at radius 1 is 1.45 bits per heavy atom. The third kappa shape index (κ3) is 6.30. The minimum Gasteiger partial charge on any atom is -0.370 e. The van der Waals surface area contributed by atoms with Crippen molar-refractivity contribution in [3.8, 4) is 0 Å². The molecule has 0 aliphatic carbocycles. The lowest BCUT2D eigenvalue weighted by molar-refractivity contribution is 0.371. The molecule has 122 valence electrons. The van der Waals surface area contributed by atoms with Gasteiger partial charge >= 0.3 is 0 Å². The van der Waals surface area contributed by atoms with Gasteiger partial charge < -0.3 is 15.6 Å². The van der Waals surface area contributed by atoms with Gasteiger partial charge in [0.2, 0.25) is 5.89 Å². The maximum absolute atomic E-state index is 5.81. The van der Waals surface area contributed by atoms with Crippen molar-refractivity contribution < 1.29 is 4.52 Å². The highest BCUT2D eigenvalue weighted by molar-refractivity contribution is 14.0. The van der Waals surface area contributed by atoms with Crippen LogP contribution in [0.25, 0.3) is 0 Å². The lowest BCUT2D eigenvalue weighted by atomic mass is 10.2. The number of nitrogens with two attached hydrogens (primary N) is 1. The molecular formula is C14H22IN5OS. The molecule has 8 heteroatoms. The number of nitrogens with zero attached hydrogens (tertiary/aromatic N) is 3. The zero-order valence-electron chi connectivity index (χ0n) is 12.8. The third-order valence-electron chi connectivity index (χ3n) is 2.87. The molecule has 0 unspecified atom stereocenters. The SMILES string of the molecule is CC(C)c1noc(CCNC(N)=NCCc2cccs2)n1.I. The number of halogens is 1. The average molecular weight is 435 g/mol.